The summed E-state index contributed by atoms with van der Waals surface area (Å²) in [5.74, 6) is 1.60. The number of hydrogen-bond donors (Lipinski definition) is 6. The first-order valence-corrected chi connectivity index (χ1v) is 17.4. The summed E-state index contributed by atoms with van der Waals surface area (Å²) < 4.78 is 5.99. The van der Waals surface area contributed by atoms with E-state index in [-0.39, 0.29) is 41.7 Å². The molecule has 9 heteroatoms. The average Bonchev–Trinajstić information content (AvgIpc) is 3.32. The fourth-order valence-electron chi connectivity index (χ4n) is 9.32. The van der Waals surface area contributed by atoms with Crippen LogP contribution in [-0.2, 0) is 14.3 Å². The summed E-state index contributed by atoms with van der Waals surface area (Å²) in [5, 5.41) is 32.2. The van der Waals surface area contributed by atoms with E-state index in [1.165, 1.54) is 12.5 Å². The summed E-state index contributed by atoms with van der Waals surface area (Å²) in [6.45, 7) is 12.2. The molecule has 0 radical (unpaired) electrons. The van der Waals surface area contributed by atoms with Gasteiger partial charge in [0.25, 0.3) is 0 Å². The number of esters is 1. The molecule has 7 unspecified atom stereocenters. The standard InChI is InChI=1S/C35H60N4O5/c1-21(2)7-5-8-27(35(43)39-18-17-38-15-6-14-37-16-13-36)34-29-19-31(42)33-25-11-12-30(41)22(3)24(25)9-10-26(33)28(29)20-32(34)44-23(4)40/h7,22,24-26,28-33,37-38,41-42H,5-6,8-20,36H2,1-4H3,(H,39,43)/b34-27-/t22-,24?,25?,26?,28?,29?,30+,31+,32?,33?/m0/s1. The topological polar surface area (TPSA) is 146 Å². The second kappa shape index (κ2) is 16.7. The molecule has 0 aliphatic heterocycles. The number of amides is 1. The van der Waals surface area contributed by atoms with Crippen LogP contribution >= 0.6 is 0 Å². The maximum absolute atomic E-state index is 13.9. The van der Waals surface area contributed by atoms with Crippen molar-refractivity contribution in [1.29, 1.82) is 0 Å². The van der Waals surface area contributed by atoms with Gasteiger partial charge in [-0.3, -0.25) is 9.59 Å². The molecule has 9 nitrogen and oxygen atoms in total. The first kappa shape index (κ1) is 35.1. The van der Waals surface area contributed by atoms with Crippen LogP contribution in [0.1, 0.15) is 85.5 Å². The Morgan fingerprint density at radius 3 is 2.27 bits per heavy atom. The van der Waals surface area contributed by atoms with Crippen molar-refractivity contribution in [3.8, 4) is 0 Å². The highest BCUT2D eigenvalue weighted by atomic mass is 16.5. The van der Waals surface area contributed by atoms with Gasteiger partial charge in [0.2, 0.25) is 5.91 Å². The zero-order valence-electron chi connectivity index (χ0n) is 27.7. The van der Waals surface area contributed by atoms with Crippen LogP contribution in [0.5, 0.6) is 0 Å². The van der Waals surface area contributed by atoms with E-state index in [4.69, 9.17) is 10.5 Å². The van der Waals surface area contributed by atoms with Crippen LogP contribution < -0.4 is 21.7 Å². The van der Waals surface area contributed by atoms with E-state index in [2.05, 4.69) is 42.8 Å². The normalized spacial score (nSPS) is 35.6. The lowest BCUT2D eigenvalue weighted by molar-refractivity contribution is -0.145. The zero-order chi connectivity index (χ0) is 31.8. The minimum absolute atomic E-state index is 0.0327. The van der Waals surface area contributed by atoms with E-state index in [9.17, 15) is 19.8 Å². The van der Waals surface area contributed by atoms with Gasteiger partial charge < -0.3 is 36.6 Å². The van der Waals surface area contributed by atoms with Gasteiger partial charge in [-0.25, -0.2) is 0 Å². The highest BCUT2D eigenvalue weighted by Crippen LogP contribution is 2.60. The molecular weight excluding hydrogens is 556 g/mol. The number of nitrogens with two attached hydrogens (primary N) is 1. The third-order valence-corrected chi connectivity index (χ3v) is 11.2. The van der Waals surface area contributed by atoms with Gasteiger partial charge in [0.05, 0.1) is 12.2 Å². The van der Waals surface area contributed by atoms with Crippen molar-refractivity contribution in [3.05, 3.63) is 22.8 Å². The monoisotopic (exact) mass is 616 g/mol. The molecule has 250 valence electrons. The van der Waals surface area contributed by atoms with Crippen molar-refractivity contribution in [2.45, 2.75) is 104 Å². The highest BCUT2D eigenvalue weighted by molar-refractivity contribution is 5.94. The highest BCUT2D eigenvalue weighted by Gasteiger charge is 2.57. The maximum Gasteiger partial charge on any atom is 0.303 e. The average molecular weight is 617 g/mol. The van der Waals surface area contributed by atoms with Crippen molar-refractivity contribution in [2.75, 3.05) is 39.3 Å². The fourth-order valence-corrected chi connectivity index (χ4v) is 9.32. The Labute approximate surface area is 265 Å². The van der Waals surface area contributed by atoms with Gasteiger partial charge in [-0.05, 0) is 132 Å². The molecule has 0 bridgehead atoms. The number of ether oxygens (including phenoxy) is 1. The fraction of sp³-hybridized carbons (Fsp3) is 0.829. The van der Waals surface area contributed by atoms with Gasteiger partial charge in [-0.2, -0.15) is 0 Å². The molecule has 4 fully saturated rings. The smallest absolute Gasteiger partial charge is 0.303 e. The lowest BCUT2D eigenvalue weighted by Gasteiger charge is -2.55. The van der Waals surface area contributed by atoms with Crippen LogP contribution in [0.15, 0.2) is 22.8 Å². The van der Waals surface area contributed by atoms with Crippen LogP contribution in [0, 0.1) is 41.4 Å². The molecule has 10 atom stereocenters. The molecule has 4 rings (SSSR count). The lowest BCUT2D eigenvalue weighted by Crippen LogP contribution is -2.53. The quantitative estimate of drug-likeness (QED) is 0.0756. The number of fused-ring (bicyclic) bond motifs is 5. The van der Waals surface area contributed by atoms with E-state index < -0.39 is 12.2 Å². The van der Waals surface area contributed by atoms with E-state index in [1.807, 2.05) is 0 Å². The Balaban J connectivity index is 1.53. The Morgan fingerprint density at radius 2 is 1.57 bits per heavy atom. The molecule has 1 amide bonds. The molecule has 44 heavy (non-hydrogen) atoms. The molecule has 0 aromatic carbocycles. The number of carbonyl (C=O) groups excluding carboxylic acids is 2. The van der Waals surface area contributed by atoms with Crippen molar-refractivity contribution < 1.29 is 24.5 Å². The molecular formula is C35H60N4O5. The van der Waals surface area contributed by atoms with E-state index >= 15 is 0 Å². The SMILES string of the molecule is CC(=O)OC1CC2C(C[C@@H](O)C3C2CCC2C3CC[C@@H](O)[C@H]2C)/C1=C(\CCC=C(C)C)C(=O)NCCNCCCNCCN. The predicted molar refractivity (Wildman–Crippen MR) is 173 cm³/mol. The first-order valence-electron chi connectivity index (χ1n) is 17.4. The Hall–Kier alpha value is -1.78. The number of hydrogen-bond acceptors (Lipinski definition) is 8. The summed E-state index contributed by atoms with van der Waals surface area (Å²) >= 11 is 0. The van der Waals surface area contributed by atoms with Crippen molar-refractivity contribution in [2.24, 2.45) is 47.2 Å². The largest absolute Gasteiger partial charge is 0.458 e. The van der Waals surface area contributed by atoms with Gasteiger partial charge in [-0.15, -0.1) is 0 Å². The maximum atomic E-state index is 13.9. The van der Waals surface area contributed by atoms with Gasteiger partial charge in [0.1, 0.15) is 6.10 Å². The Kier molecular flexibility index (Phi) is 13.3. The van der Waals surface area contributed by atoms with Crippen LogP contribution in [0.25, 0.3) is 0 Å². The summed E-state index contributed by atoms with van der Waals surface area (Å²) in [5.41, 5.74) is 8.42. The minimum atomic E-state index is -0.451. The van der Waals surface area contributed by atoms with Crippen LogP contribution in [0.3, 0.4) is 0 Å². The predicted octanol–water partition coefficient (Wildman–Crippen LogP) is 3.06. The van der Waals surface area contributed by atoms with E-state index in [0.29, 0.717) is 50.2 Å². The second-order valence-corrected chi connectivity index (χ2v) is 14.2. The molecule has 0 heterocycles. The van der Waals surface area contributed by atoms with Crippen molar-refractivity contribution >= 4 is 11.9 Å². The van der Waals surface area contributed by atoms with Crippen molar-refractivity contribution in [1.82, 2.24) is 16.0 Å². The number of rotatable bonds is 14. The summed E-state index contributed by atoms with van der Waals surface area (Å²) in [7, 11) is 0. The Morgan fingerprint density at radius 1 is 0.886 bits per heavy atom. The van der Waals surface area contributed by atoms with Crippen LogP contribution in [0.4, 0.5) is 0 Å². The summed E-state index contributed by atoms with van der Waals surface area (Å²) in [6, 6.07) is 0. The van der Waals surface area contributed by atoms with E-state index in [0.717, 1.165) is 75.7 Å². The molecule has 4 aliphatic carbocycles. The van der Waals surface area contributed by atoms with Crippen LogP contribution in [-0.4, -0.2) is 79.7 Å². The van der Waals surface area contributed by atoms with Gasteiger partial charge in [0.15, 0.2) is 0 Å². The zero-order valence-corrected chi connectivity index (χ0v) is 27.7. The summed E-state index contributed by atoms with van der Waals surface area (Å²) in [4.78, 5) is 26.2. The molecule has 4 saturated carbocycles. The van der Waals surface area contributed by atoms with Gasteiger partial charge >= 0.3 is 5.97 Å². The minimum Gasteiger partial charge on any atom is -0.458 e. The molecule has 0 spiro atoms. The first-order chi connectivity index (χ1) is 21.1. The molecule has 0 aromatic heterocycles. The summed E-state index contributed by atoms with van der Waals surface area (Å²) in [6.07, 6.45) is 8.55. The molecule has 0 aromatic rings. The van der Waals surface area contributed by atoms with Gasteiger partial charge in [-0.1, -0.05) is 18.6 Å². The second-order valence-electron chi connectivity index (χ2n) is 14.2. The van der Waals surface area contributed by atoms with Gasteiger partial charge in [0, 0.05) is 38.7 Å². The number of aliphatic hydroxyl groups excluding tert-OH is 2. The van der Waals surface area contributed by atoms with E-state index in [1.54, 1.807) is 0 Å². The third kappa shape index (κ3) is 8.52. The Bertz CT molecular complexity index is 1030. The number of carbonyl (C=O) groups is 2. The molecule has 7 N–H and O–H groups in total. The lowest BCUT2D eigenvalue weighted by atomic mass is 9.51. The molecule has 0 saturated heterocycles. The number of nitrogens with one attached hydrogen (secondary N) is 3. The number of aliphatic hydroxyl groups is 2. The van der Waals surface area contributed by atoms with Crippen molar-refractivity contribution in [3.63, 3.8) is 0 Å². The number of allylic oxidation sites excluding steroid dienone is 2. The van der Waals surface area contributed by atoms with Crippen LogP contribution in [0.2, 0.25) is 0 Å². The molecule has 4 aliphatic rings. The third-order valence-electron chi connectivity index (χ3n) is 11.2.